The van der Waals surface area contributed by atoms with Crippen LogP contribution < -0.4 is 4.74 Å². The molecule has 2 aromatic heterocycles. The molecule has 1 aliphatic rings. The summed E-state index contributed by atoms with van der Waals surface area (Å²) in [5.41, 5.74) is 3.63. The quantitative estimate of drug-likeness (QED) is 0.726. The van der Waals surface area contributed by atoms with Crippen molar-refractivity contribution < 1.29 is 4.74 Å². The summed E-state index contributed by atoms with van der Waals surface area (Å²) < 4.78 is 8.05. The Balaban J connectivity index is 1.78. The van der Waals surface area contributed by atoms with Crippen molar-refractivity contribution in [1.29, 1.82) is 0 Å². The molecule has 0 amide bonds. The van der Waals surface area contributed by atoms with Gasteiger partial charge in [-0.15, -0.1) is 0 Å². The molecule has 0 bridgehead atoms. The van der Waals surface area contributed by atoms with Gasteiger partial charge in [-0.2, -0.15) is 0 Å². The molecule has 3 aromatic rings. The molecule has 3 heterocycles. The molecule has 4 rings (SSSR count). The predicted octanol–water partition coefficient (Wildman–Crippen LogP) is 3.89. The van der Waals surface area contributed by atoms with E-state index in [4.69, 9.17) is 4.74 Å². The summed E-state index contributed by atoms with van der Waals surface area (Å²) in [7, 11) is 1.75. The highest BCUT2D eigenvalue weighted by Gasteiger charge is 2.29. The number of benzene rings is 1. The molecule has 0 spiro atoms. The van der Waals surface area contributed by atoms with Crippen molar-refractivity contribution in [3.8, 4) is 5.75 Å². The standard InChI is InChI=1S/C21H23N3O/c1-25-20-11-3-2-9-18(20)21-19-10-6-13-23(19)14-7-15-24(21)16-17-8-4-5-12-22-17/h2-6,8-13,21H,7,14-16H2,1H3. The highest BCUT2D eigenvalue weighted by atomic mass is 16.5. The summed E-state index contributed by atoms with van der Waals surface area (Å²) in [4.78, 5) is 7.05. The molecule has 4 heteroatoms. The summed E-state index contributed by atoms with van der Waals surface area (Å²) in [6, 6.07) is 19.0. The molecule has 0 saturated carbocycles. The summed E-state index contributed by atoms with van der Waals surface area (Å²) in [5, 5.41) is 0. The van der Waals surface area contributed by atoms with Crippen LogP contribution in [0.25, 0.3) is 0 Å². The van der Waals surface area contributed by atoms with E-state index in [1.165, 1.54) is 11.3 Å². The van der Waals surface area contributed by atoms with Gasteiger partial charge in [-0.05, 0) is 36.8 Å². The van der Waals surface area contributed by atoms with Crippen molar-refractivity contribution in [3.05, 3.63) is 83.9 Å². The highest BCUT2D eigenvalue weighted by molar-refractivity contribution is 5.40. The second kappa shape index (κ2) is 7.11. The van der Waals surface area contributed by atoms with E-state index in [0.717, 1.165) is 37.5 Å². The van der Waals surface area contributed by atoms with Crippen molar-refractivity contribution in [3.63, 3.8) is 0 Å². The smallest absolute Gasteiger partial charge is 0.124 e. The summed E-state index contributed by atoms with van der Waals surface area (Å²) in [6.45, 7) is 2.91. The van der Waals surface area contributed by atoms with Crippen LogP contribution in [0.1, 0.15) is 29.4 Å². The molecule has 1 atom stereocenters. The predicted molar refractivity (Wildman–Crippen MR) is 98.5 cm³/mol. The fourth-order valence-electron chi connectivity index (χ4n) is 3.76. The lowest BCUT2D eigenvalue weighted by molar-refractivity contribution is 0.214. The number of ether oxygens (including phenoxy) is 1. The molecule has 4 nitrogen and oxygen atoms in total. The van der Waals surface area contributed by atoms with Crippen LogP contribution in [0, 0.1) is 0 Å². The molecule has 0 radical (unpaired) electrons. The second-order valence-corrected chi connectivity index (χ2v) is 6.42. The molecule has 1 aliphatic heterocycles. The van der Waals surface area contributed by atoms with Gasteiger partial charge in [0.2, 0.25) is 0 Å². The number of aromatic nitrogens is 2. The van der Waals surface area contributed by atoms with E-state index in [1.807, 2.05) is 24.4 Å². The first-order chi connectivity index (χ1) is 12.4. The topological polar surface area (TPSA) is 30.3 Å². The lowest BCUT2D eigenvalue weighted by atomic mass is 10.0. The van der Waals surface area contributed by atoms with Gasteiger partial charge in [-0.3, -0.25) is 9.88 Å². The lowest BCUT2D eigenvalue weighted by Gasteiger charge is -2.31. The Morgan fingerprint density at radius 1 is 1.04 bits per heavy atom. The minimum absolute atomic E-state index is 0.163. The Labute approximate surface area is 148 Å². The Kier molecular flexibility index (Phi) is 4.53. The van der Waals surface area contributed by atoms with Crippen molar-refractivity contribution in [2.75, 3.05) is 13.7 Å². The Hall–Kier alpha value is -2.59. The number of methoxy groups -OCH3 is 1. The fourth-order valence-corrected chi connectivity index (χ4v) is 3.76. The van der Waals surface area contributed by atoms with Gasteiger partial charge in [0.1, 0.15) is 5.75 Å². The molecule has 25 heavy (non-hydrogen) atoms. The summed E-state index contributed by atoms with van der Waals surface area (Å²) in [5.74, 6) is 0.938. The van der Waals surface area contributed by atoms with Crippen LogP contribution in [0.5, 0.6) is 5.75 Å². The first kappa shape index (κ1) is 15.9. The Morgan fingerprint density at radius 3 is 2.76 bits per heavy atom. The van der Waals surface area contributed by atoms with Gasteiger partial charge in [0, 0.05) is 43.3 Å². The highest BCUT2D eigenvalue weighted by Crippen LogP contribution is 2.37. The van der Waals surface area contributed by atoms with E-state index in [9.17, 15) is 0 Å². The van der Waals surface area contributed by atoms with Crippen LogP contribution in [0.4, 0.5) is 0 Å². The van der Waals surface area contributed by atoms with E-state index >= 15 is 0 Å². The molecule has 0 saturated heterocycles. The number of para-hydroxylation sites is 1. The molecular formula is C21H23N3O. The summed E-state index contributed by atoms with van der Waals surface area (Å²) in [6.07, 6.45) is 5.18. The molecule has 0 fully saturated rings. The van der Waals surface area contributed by atoms with Gasteiger partial charge < -0.3 is 9.30 Å². The maximum Gasteiger partial charge on any atom is 0.124 e. The third-order valence-electron chi connectivity index (χ3n) is 4.88. The van der Waals surface area contributed by atoms with Crippen molar-refractivity contribution in [2.24, 2.45) is 0 Å². The van der Waals surface area contributed by atoms with E-state index in [1.54, 1.807) is 7.11 Å². The van der Waals surface area contributed by atoms with Crippen molar-refractivity contribution >= 4 is 0 Å². The lowest BCUT2D eigenvalue weighted by Crippen LogP contribution is -2.30. The minimum atomic E-state index is 0.163. The largest absolute Gasteiger partial charge is 0.496 e. The minimum Gasteiger partial charge on any atom is -0.496 e. The Bertz CT molecular complexity index is 828. The van der Waals surface area contributed by atoms with Crippen LogP contribution in [-0.2, 0) is 13.1 Å². The first-order valence-electron chi connectivity index (χ1n) is 8.79. The van der Waals surface area contributed by atoms with E-state index in [-0.39, 0.29) is 6.04 Å². The van der Waals surface area contributed by atoms with Crippen LogP contribution in [0.2, 0.25) is 0 Å². The molecule has 1 unspecified atom stereocenters. The zero-order valence-corrected chi connectivity index (χ0v) is 14.5. The average Bonchev–Trinajstić information content (AvgIpc) is 3.04. The number of nitrogens with zero attached hydrogens (tertiary/aromatic N) is 3. The third-order valence-corrected chi connectivity index (χ3v) is 4.88. The fraction of sp³-hybridized carbons (Fsp3) is 0.286. The van der Waals surface area contributed by atoms with Gasteiger partial charge in [-0.1, -0.05) is 24.3 Å². The normalized spacial score (nSPS) is 17.7. The zero-order valence-electron chi connectivity index (χ0n) is 14.5. The van der Waals surface area contributed by atoms with Crippen LogP contribution in [-0.4, -0.2) is 28.1 Å². The number of hydrogen-bond acceptors (Lipinski definition) is 3. The van der Waals surface area contributed by atoms with Gasteiger partial charge in [-0.25, -0.2) is 0 Å². The van der Waals surface area contributed by atoms with Crippen LogP contribution in [0.3, 0.4) is 0 Å². The first-order valence-corrected chi connectivity index (χ1v) is 8.79. The van der Waals surface area contributed by atoms with Crippen LogP contribution in [0.15, 0.2) is 67.0 Å². The molecular weight excluding hydrogens is 310 g/mol. The van der Waals surface area contributed by atoms with Gasteiger partial charge in [0.15, 0.2) is 0 Å². The molecule has 1 aromatic carbocycles. The van der Waals surface area contributed by atoms with E-state index < -0.39 is 0 Å². The maximum atomic E-state index is 5.68. The van der Waals surface area contributed by atoms with Crippen LogP contribution >= 0.6 is 0 Å². The van der Waals surface area contributed by atoms with Crippen molar-refractivity contribution in [1.82, 2.24) is 14.5 Å². The monoisotopic (exact) mass is 333 g/mol. The average molecular weight is 333 g/mol. The maximum absolute atomic E-state index is 5.68. The Morgan fingerprint density at radius 2 is 1.92 bits per heavy atom. The number of pyridine rings is 1. The van der Waals surface area contributed by atoms with Gasteiger partial charge >= 0.3 is 0 Å². The van der Waals surface area contributed by atoms with Gasteiger partial charge in [0.05, 0.1) is 18.8 Å². The SMILES string of the molecule is COc1ccccc1C1c2cccn2CCCN1Cc1ccccn1. The number of hydrogen-bond donors (Lipinski definition) is 0. The summed E-state index contributed by atoms with van der Waals surface area (Å²) >= 11 is 0. The molecule has 0 aliphatic carbocycles. The van der Waals surface area contributed by atoms with E-state index in [0.29, 0.717) is 0 Å². The second-order valence-electron chi connectivity index (χ2n) is 6.42. The number of aryl methyl sites for hydroxylation is 1. The zero-order chi connectivity index (χ0) is 17.1. The number of rotatable bonds is 4. The third kappa shape index (κ3) is 3.17. The van der Waals surface area contributed by atoms with E-state index in [2.05, 4.69) is 57.0 Å². The van der Waals surface area contributed by atoms with Gasteiger partial charge in [0.25, 0.3) is 0 Å². The molecule has 0 N–H and O–H groups in total. The molecule has 128 valence electrons. The number of fused-ring (bicyclic) bond motifs is 1. The van der Waals surface area contributed by atoms with Crippen molar-refractivity contribution in [2.45, 2.75) is 25.6 Å².